The van der Waals surface area contributed by atoms with E-state index in [4.69, 9.17) is 13.9 Å². The smallest absolute Gasteiger partial charge is 0.270 e. The van der Waals surface area contributed by atoms with Crippen molar-refractivity contribution < 1.29 is 23.6 Å². The molecule has 9 nitrogen and oxygen atoms in total. The molecule has 0 unspecified atom stereocenters. The molecule has 0 spiro atoms. The number of benzene rings is 3. The van der Waals surface area contributed by atoms with Crippen molar-refractivity contribution in [3.05, 3.63) is 92.6 Å². The molecular weight excluding hydrogens is 428 g/mol. The minimum Gasteiger partial charge on any atom is -0.493 e. The van der Waals surface area contributed by atoms with Gasteiger partial charge in [0.05, 0.1) is 30.1 Å². The van der Waals surface area contributed by atoms with Crippen LogP contribution in [0, 0.1) is 10.1 Å². The van der Waals surface area contributed by atoms with E-state index in [9.17, 15) is 19.7 Å². The molecule has 0 fully saturated rings. The van der Waals surface area contributed by atoms with Crippen molar-refractivity contribution in [1.82, 2.24) is 0 Å². The van der Waals surface area contributed by atoms with E-state index in [1.807, 2.05) is 0 Å². The summed E-state index contributed by atoms with van der Waals surface area (Å²) in [6.07, 6.45) is 0. The summed E-state index contributed by atoms with van der Waals surface area (Å²) in [5, 5.41) is 14.0. The van der Waals surface area contributed by atoms with Gasteiger partial charge < -0.3 is 13.9 Å². The van der Waals surface area contributed by atoms with E-state index < -0.39 is 10.8 Å². The zero-order chi connectivity index (χ0) is 23.5. The maximum Gasteiger partial charge on any atom is 0.270 e. The molecule has 1 heterocycles. The number of nitrogens with one attached hydrogen (secondary N) is 1. The number of anilines is 1. The van der Waals surface area contributed by atoms with Crippen LogP contribution in [-0.4, -0.2) is 25.1 Å². The van der Waals surface area contributed by atoms with Crippen LogP contribution in [0.1, 0.15) is 10.4 Å². The fourth-order valence-corrected chi connectivity index (χ4v) is 3.42. The maximum absolute atomic E-state index is 13.4. The van der Waals surface area contributed by atoms with Crippen molar-refractivity contribution in [2.24, 2.45) is 0 Å². The van der Waals surface area contributed by atoms with E-state index in [2.05, 4.69) is 5.32 Å². The van der Waals surface area contributed by atoms with Gasteiger partial charge in [0.2, 0.25) is 11.3 Å². The molecule has 4 aromatic rings. The van der Waals surface area contributed by atoms with E-state index in [1.165, 1.54) is 32.4 Å². The fraction of sp³-hybridized carbons (Fsp3) is 0.0833. The van der Waals surface area contributed by atoms with E-state index in [0.29, 0.717) is 22.4 Å². The lowest BCUT2D eigenvalue weighted by Crippen LogP contribution is -2.16. The van der Waals surface area contributed by atoms with Crippen LogP contribution in [0.3, 0.4) is 0 Å². The van der Waals surface area contributed by atoms with Gasteiger partial charge in [-0.25, -0.2) is 0 Å². The molecule has 9 heteroatoms. The minimum absolute atomic E-state index is 0.0401. The molecule has 0 bridgehead atoms. The van der Waals surface area contributed by atoms with Crippen LogP contribution >= 0.6 is 0 Å². The number of nitro benzene ring substituents is 1. The molecule has 0 radical (unpaired) electrons. The molecule has 0 saturated carbocycles. The van der Waals surface area contributed by atoms with Gasteiger partial charge in [-0.2, -0.15) is 0 Å². The Labute approximate surface area is 187 Å². The van der Waals surface area contributed by atoms with Gasteiger partial charge in [-0.3, -0.25) is 25.0 Å². The Kier molecular flexibility index (Phi) is 5.77. The van der Waals surface area contributed by atoms with Crippen LogP contribution in [0.25, 0.3) is 22.1 Å². The molecule has 1 N–H and O–H groups in total. The molecule has 1 amide bonds. The highest BCUT2D eigenvalue weighted by Gasteiger charge is 2.21. The molecule has 0 aliphatic carbocycles. The van der Waals surface area contributed by atoms with E-state index in [-0.39, 0.29) is 33.7 Å². The van der Waals surface area contributed by atoms with Gasteiger partial charge >= 0.3 is 0 Å². The van der Waals surface area contributed by atoms with Crippen LogP contribution in [0.2, 0.25) is 0 Å². The molecule has 0 atom stereocenters. The van der Waals surface area contributed by atoms with E-state index in [1.54, 1.807) is 42.5 Å². The molecular formula is C24H18N2O7. The second-order valence-electron chi connectivity index (χ2n) is 6.96. The van der Waals surface area contributed by atoms with Gasteiger partial charge in [-0.1, -0.05) is 24.3 Å². The third-order valence-corrected chi connectivity index (χ3v) is 5.02. The standard InChI is InChI=1S/C24H18N2O7/c1-31-19-11-10-14(13-20(19)32-2)21-22(27)17-8-3-4-9-18(17)33-24(21)25-23(28)15-6-5-7-16(12-15)26(29)30/h3-13H,1-2H3,(H,25,28). The summed E-state index contributed by atoms with van der Waals surface area (Å²) in [5.41, 5.74) is 0.260. The Balaban J connectivity index is 1.87. The Morgan fingerprint density at radius 1 is 0.970 bits per heavy atom. The Bertz CT molecular complexity index is 1440. The summed E-state index contributed by atoms with van der Waals surface area (Å²) in [5.74, 6) is 0.0911. The second kappa shape index (κ2) is 8.83. The van der Waals surface area contributed by atoms with Crippen LogP contribution in [-0.2, 0) is 0 Å². The molecule has 0 aliphatic heterocycles. The number of nitrogens with zero attached hydrogens (tertiary/aromatic N) is 1. The monoisotopic (exact) mass is 446 g/mol. The summed E-state index contributed by atoms with van der Waals surface area (Å²) in [4.78, 5) is 36.8. The first-order valence-electron chi connectivity index (χ1n) is 9.77. The van der Waals surface area contributed by atoms with Crippen molar-refractivity contribution in [1.29, 1.82) is 0 Å². The van der Waals surface area contributed by atoms with Crippen LogP contribution < -0.4 is 20.2 Å². The number of carbonyl (C=O) groups excluding carboxylic acids is 1. The first-order valence-corrected chi connectivity index (χ1v) is 9.77. The summed E-state index contributed by atoms with van der Waals surface area (Å²) in [6, 6.07) is 16.8. The van der Waals surface area contributed by atoms with Crippen molar-refractivity contribution in [2.75, 3.05) is 19.5 Å². The minimum atomic E-state index is -0.668. The van der Waals surface area contributed by atoms with E-state index >= 15 is 0 Å². The molecule has 0 aliphatic rings. The first-order chi connectivity index (χ1) is 15.9. The van der Waals surface area contributed by atoms with Gasteiger partial charge in [0.15, 0.2) is 11.5 Å². The topological polar surface area (TPSA) is 121 Å². The van der Waals surface area contributed by atoms with Gasteiger partial charge in [0, 0.05) is 17.7 Å². The second-order valence-corrected chi connectivity index (χ2v) is 6.96. The Morgan fingerprint density at radius 3 is 2.45 bits per heavy atom. The number of hydrogen-bond donors (Lipinski definition) is 1. The maximum atomic E-state index is 13.4. The number of amides is 1. The van der Waals surface area contributed by atoms with Crippen LogP contribution in [0.15, 0.2) is 75.9 Å². The highest BCUT2D eigenvalue weighted by molar-refractivity contribution is 6.06. The summed E-state index contributed by atoms with van der Waals surface area (Å²) < 4.78 is 16.5. The predicted octanol–water partition coefficient (Wildman–Crippen LogP) is 4.64. The molecule has 0 saturated heterocycles. The highest BCUT2D eigenvalue weighted by atomic mass is 16.6. The average Bonchev–Trinajstić information content (AvgIpc) is 2.84. The van der Waals surface area contributed by atoms with Crippen molar-refractivity contribution in [3.8, 4) is 22.6 Å². The molecule has 4 rings (SSSR count). The third kappa shape index (κ3) is 4.11. The number of ether oxygens (including phenoxy) is 2. The van der Waals surface area contributed by atoms with Gasteiger partial charge in [0.25, 0.3) is 11.6 Å². The Morgan fingerprint density at radius 2 is 1.73 bits per heavy atom. The summed E-state index contributed by atoms with van der Waals surface area (Å²) >= 11 is 0. The first kappa shape index (κ1) is 21.6. The highest BCUT2D eigenvalue weighted by Crippen LogP contribution is 2.35. The zero-order valence-electron chi connectivity index (χ0n) is 17.7. The number of methoxy groups -OCH3 is 2. The molecule has 166 valence electrons. The predicted molar refractivity (Wildman–Crippen MR) is 122 cm³/mol. The fourth-order valence-electron chi connectivity index (χ4n) is 3.42. The molecule has 3 aromatic carbocycles. The summed E-state index contributed by atoms with van der Waals surface area (Å²) in [7, 11) is 2.96. The summed E-state index contributed by atoms with van der Waals surface area (Å²) in [6.45, 7) is 0. The normalized spacial score (nSPS) is 10.6. The van der Waals surface area contributed by atoms with Gasteiger partial charge in [0.1, 0.15) is 5.58 Å². The quantitative estimate of drug-likeness (QED) is 0.338. The number of nitro groups is 1. The van der Waals surface area contributed by atoms with Crippen LogP contribution in [0.5, 0.6) is 11.5 Å². The SMILES string of the molecule is COc1ccc(-c2c(NC(=O)c3cccc([N+](=O)[O-])c3)oc3ccccc3c2=O)cc1OC. The largest absolute Gasteiger partial charge is 0.493 e. The van der Waals surface area contributed by atoms with Crippen LogP contribution in [0.4, 0.5) is 11.6 Å². The third-order valence-electron chi connectivity index (χ3n) is 5.02. The lowest BCUT2D eigenvalue weighted by Gasteiger charge is -2.13. The lowest BCUT2D eigenvalue weighted by molar-refractivity contribution is -0.384. The zero-order valence-corrected chi connectivity index (χ0v) is 17.7. The number of fused-ring (bicyclic) bond motifs is 1. The number of hydrogen-bond acceptors (Lipinski definition) is 7. The van der Waals surface area contributed by atoms with E-state index in [0.717, 1.165) is 6.07 Å². The number of non-ortho nitro benzene ring substituents is 1. The molecule has 1 aromatic heterocycles. The number of para-hydroxylation sites is 1. The van der Waals surface area contributed by atoms with Gasteiger partial charge in [-0.05, 0) is 35.9 Å². The lowest BCUT2D eigenvalue weighted by atomic mass is 10.0. The number of carbonyl (C=O) groups is 1. The number of rotatable bonds is 6. The Hall–Kier alpha value is -4.66. The molecule has 33 heavy (non-hydrogen) atoms. The van der Waals surface area contributed by atoms with Crippen molar-refractivity contribution >= 4 is 28.4 Å². The van der Waals surface area contributed by atoms with Crippen molar-refractivity contribution in [2.45, 2.75) is 0 Å². The average molecular weight is 446 g/mol. The van der Waals surface area contributed by atoms with Crippen molar-refractivity contribution in [3.63, 3.8) is 0 Å². The van der Waals surface area contributed by atoms with Gasteiger partial charge in [-0.15, -0.1) is 0 Å².